The minimum absolute atomic E-state index is 0.107. The number of aromatic amines is 1. The Morgan fingerprint density at radius 3 is 2.85 bits per heavy atom. The molecule has 1 aliphatic heterocycles. The summed E-state index contributed by atoms with van der Waals surface area (Å²) >= 11 is 0. The van der Waals surface area contributed by atoms with Crippen molar-refractivity contribution in [2.24, 2.45) is 0 Å². The lowest BCUT2D eigenvalue weighted by Crippen LogP contribution is -2.26. The third-order valence-corrected chi connectivity index (χ3v) is 4.20. The molecule has 0 saturated carbocycles. The molecule has 0 spiro atoms. The zero-order valence-corrected chi connectivity index (χ0v) is 14.0. The summed E-state index contributed by atoms with van der Waals surface area (Å²) in [7, 11) is 1.58. The van der Waals surface area contributed by atoms with Gasteiger partial charge >= 0.3 is 0 Å². The molecule has 0 bridgehead atoms. The predicted octanol–water partition coefficient (Wildman–Crippen LogP) is 2.20. The van der Waals surface area contributed by atoms with Crippen LogP contribution in [-0.2, 0) is 6.54 Å². The van der Waals surface area contributed by atoms with Crippen LogP contribution in [0.5, 0.6) is 17.2 Å². The summed E-state index contributed by atoms with van der Waals surface area (Å²) in [5.74, 6) is 1.54. The summed E-state index contributed by atoms with van der Waals surface area (Å²) in [6.07, 6.45) is 0. The second kappa shape index (κ2) is 6.44. The maximum absolute atomic E-state index is 12.4. The average Bonchev–Trinajstić information content (AvgIpc) is 3.13. The molecule has 0 atom stereocenters. The van der Waals surface area contributed by atoms with Crippen LogP contribution in [0.4, 0.5) is 0 Å². The molecular weight excluding hydrogens is 336 g/mol. The van der Waals surface area contributed by atoms with Gasteiger partial charge in [-0.3, -0.25) is 9.59 Å². The standard InChI is InChI=1S/C19H16N2O5/c1-24-14-3-4-15-12(7-14)6-13(19(23)21-15)9-20-18(22)11-2-5-16-17(8-11)26-10-25-16/h2-8H,9-10H2,1H3,(H,20,22)(H,21,23). The van der Waals surface area contributed by atoms with Crippen LogP contribution in [-0.4, -0.2) is 24.8 Å². The highest BCUT2D eigenvalue weighted by Gasteiger charge is 2.16. The van der Waals surface area contributed by atoms with Crippen molar-refractivity contribution in [3.63, 3.8) is 0 Å². The van der Waals surface area contributed by atoms with E-state index in [-0.39, 0.29) is 24.8 Å². The molecule has 0 aliphatic carbocycles. The van der Waals surface area contributed by atoms with Gasteiger partial charge in [-0.2, -0.15) is 0 Å². The number of carbonyl (C=O) groups excluding carboxylic acids is 1. The third kappa shape index (κ3) is 2.95. The van der Waals surface area contributed by atoms with Crippen molar-refractivity contribution in [1.82, 2.24) is 10.3 Å². The van der Waals surface area contributed by atoms with Crippen LogP contribution >= 0.6 is 0 Å². The second-order valence-electron chi connectivity index (χ2n) is 5.83. The van der Waals surface area contributed by atoms with Crippen molar-refractivity contribution in [3.05, 3.63) is 63.9 Å². The third-order valence-electron chi connectivity index (χ3n) is 4.20. The Hall–Kier alpha value is -3.48. The number of benzene rings is 2. The van der Waals surface area contributed by atoms with E-state index in [9.17, 15) is 9.59 Å². The lowest BCUT2D eigenvalue weighted by Gasteiger charge is -2.08. The van der Waals surface area contributed by atoms with Gasteiger partial charge in [-0.15, -0.1) is 0 Å². The number of H-pyrrole nitrogens is 1. The van der Waals surface area contributed by atoms with Crippen LogP contribution in [0.15, 0.2) is 47.3 Å². The zero-order chi connectivity index (χ0) is 18.1. The lowest BCUT2D eigenvalue weighted by molar-refractivity contribution is 0.0950. The normalized spacial score (nSPS) is 12.2. The van der Waals surface area contributed by atoms with E-state index in [4.69, 9.17) is 14.2 Å². The maximum atomic E-state index is 12.4. The molecule has 132 valence electrons. The SMILES string of the molecule is COc1ccc2[nH]c(=O)c(CNC(=O)c3ccc4c(c3)OCO4)cc2c1. The highest BCUT2D eigenvalue weighted by atomic mass is 16.7. The van der Waals surface area contributed by atoms with Crippen molar-refractivity contribution < 1.29 is 19.0 Å². The van der Waals surface area contributed by atoms with Gasteiger partial charge in [0.25, 0.3) is 11.5 Å². The van der Waals surface area contributed by atoms with Crippen LogP contribution < -0.4 is 25.1 Å². The molecule has 2 heterocycles. The number of methoxy groups -OCH3 is 1. The molecule has 4 rings (SSSR count). The fourth-order valence-corrected chi connectivity index (χ4v) is 2.80. The zero-order valence-electron chi connectivity index (χ0n) is 14.0. The van der Waals surface area contributed by atoms with Gasteiger partial charge in [-0.1, -0.05) is 0 Å². The number of rotatable bonds is 4. The number of hydrogen-bond donors (Lipinski definition) is 2. The van der Waals surface area contributed by atoms with Crippen LogP contribution in [0, 0.1) is 0 Å². The predicted molar refractivity (Wildman–Crippen MR) is 94.9 cm³/mol. The molecule has 1 aliphatic rings. The number of aromatic nitrogens is 1. The molecule has 0 radical (unpaired) electrons. The highest BCUT2D eigenvalue weighted by Crippen LogP contribution is 2.32. The Morgan fingerprint density at radius 1 is 1.15 bits per heavy atom. The Bertz CT molecular complexity index is 1060. The molecular formula is C19H16N2O5. The first kappa shape index (κ1) is 16.0. The molecule has 1 aromatic heterocycles. The van der Waals surface area contributed by atoms with Crippen molar-refractivity contribution in [2.45, 2.75) is 6.54 Å². The van der Waals surface area contributed by atoms with Crippen LogP contribution in [0.1, 0.15) is 15.9 Å². The van der Waals surface area contributed by atoms with Crippen molar-refractivity contribution >= 4 is 16.8 Å². The van der Waals surface area contributed by atoms with E-state index < -0.39 is 0 Å². The van der Waals surface area contributed by atoms with Gasteiger partial charge < -0.3 is 24.5 Å². The Labute approximate surface area is 148 Å². The van der Waals surface area contributed by atoms with Crippen molar-refractivity contribution in [1.29, 1.82) is 0 Å². The average molecular weight is 352 g/mol. The van der Waals surface area contributed by atoms with E-state index in [1.54, 1.807) is 43.5 Å². The van der Waals surface area contributed by atoms with Gasteiger partial charge in [0.2, 0.25) is 6.79 Å². The smallest absolute Gasteiger partial charge is 0.253 e. The summed E-state index contributed by atoms with van der Waals surface area (Å²) in [6, 6.07) is 12.1. The fourth-order valence-electron chi connectivity index (χ4n) is 2.80. The Balaban J connectivity index is 1.54. The van der Waals surface area contributed by atoms with Crippen LogP contribution in [0.2, 0.25) is 0 Å². The molecule has 2 N–H and O–H groups in total. The van der Waals surface area contributed by atoms with Gasteiger partial charge in [0.15, 0.2) is 11.5 Å². The molecule has 2 aromatic carbocycles. The summed E-state index contributed by atoms with van der Waals surface area (Å²) in [5.41, 5.74) is 1.36. The largest absolute Gasteiger partial charge is 0.497 e. The monoisotopic (exact) mass is 352 g/mol. The molecule has 26 heavy (non-hydrogen) atoms. The quantitative estimate of drug-likeness (QED) is 0.751. The Kier molecular flexibility index (Phi) is 3.96. The minimum atomic E-state index is -0.298. The summed E-state index contributed by atoms with van der Waals surface area (Å²) < 4.78 is 15.7. The molecule has 3 aromatic rings. The first-order valence-electron chi connectivity index (χ1n) is 8.02. The van der Waals surface area contributed by atoms with Crippen LogP contribution in [0.25, 0.3) is 10.9 Å². The topological polar surface area (TPSA) is 89.7 Å². The lowest BCUT2D eigenvalue weighted by atomic mass is 10.1. The van der Waals surface area contributed by atoms with E-state index in [0.29, 0.717) is 33.9 Å². The van der Waals surface area contributed by atoms with Gasteiger partial charge in [-0.05, 0) is 42.5 Å². The summed E-state index contributed by atoms with van der Waals surface area (Å²) in [6.45, 7) is 0.256. The molecule has 0 fully saturated rings. The summed E-state index contributed by atoms with van der Waals surface area (Å²) in [5, 5.41) is 3.58. The summed E-state index contributed by atoms with van der Waals surface area (Å²) in [4.78, 5) is 27.4. The van der Waals surface area contributed by atoms with Crippen LogP contribution in [0.3, 0.4) is 0 Å². The first-order chi connectivity index (χ1) is 12.6. The highest BCUT2D eigenvalue weighted by molar-refractivity contribution is 5.95. The fraction of sp³-hybridized carbons (Fsp3) is 0.158. The van der Waals surface area contributed by atoms with Gasteiger partial charge in [0.05, 0.1) is 7.11 Å². The maximum Gasteiger partial charge on any atom is 0.253 e. The van der Waals surface area contributed by atoms with Crippen molar-refractivity contribution in [3.8, 4) is 17.2 Å². The Morgan fingerprint density at radius 2 is 2.00 bits per heavy atom. The van der Waals surface area contributed by atoms with E-state index >= 15 is 0 Å². The van der Waals surface area contributed by atoms with E-state index in [2.05, 4.69) is 10.3 Å². The van der Waals surface area contributed by atoms with E-state index in [0.717, 1.165) is 5.39 Å². The number of pyridine rings is 1. The van der Waals surface area contributed by atoms with E-state index in [1.807, 2.05) is 6.07 Å². The second-order valence-corrected chi connectivity index (χ2v) is 5.83. The van der Waals surface area contributed by atoms with Gasteiger partial charge in [0, 0.05) is 28.6 Å². The number of amides is 1. The van der Waals surface area contributed by atoms with Crippen molar-refractivity contribution in [2.75, 3.05) is 13.9 Å². The van der Waals surface area contributed by atoms with Gasteiger partial charge in [-0.25, -0.2) is 0 Å². The minimum Gasteiger partial charge on any atom is -0.497 e. The van der Waals surface area contributed by atoms with Gasteiger partial charge in [0.1, 0.15) is 5.75 Å². The number of ether oxygens (including phenoxy) is 3. The number of nitrogens with one attached hydrogen (secondary N) is 2. The molecule has 0 saturated heterocycles. The molecule has 7 heteroatoms. The molecule has 7 nitrogen and oxygen atoms in total. The number of carbonyl (C=O) groups is 1. The first-order valence-corrected chi connectivity index (χ1v) is 8.02. The molecule has 1 amide bonds. The number of fused-ring (bicyclic) bond motifs is 2. The van der Waals surface area contributed by atoms with E-state index in [1.165, 1.54) is 0 Å². The number of hydrogen-bond acceptors (Lipinski definition) is 5. The molecule has 0 unspecified atom stereocenters.